The molecule has 0 radical (unpaired) electrons. The second kappa shape index (κ2) is 11.4. The Hall–Kier alpha value is -4.36. The topological polar surface area (TPSA) is 76.2 Å². The van der Waals surface area contributed by atoms with Gasteiger partial charge in [-0.3, -0.25) is 4.79 Å². The van der Waals surface area contributed by atoms with E-state index >= 15 is 0 Å². The first-order chi connectivity index (χ1) is 19.2. The van der Waals surface area contributed by atoms with Crippen LogP contribution in [0.2, 0.25) is 5.02 Å². The van der Waals surface area contributed by atoms with E-state index in [0.29, 0.717) is 27.7 Å². The van der Waals surface area contributed by atoms with Crippen molar-refractivity contribution in [1.82, 2.24) is 15.0 Å². The van der Waals surface area contributed by atoms with Crippen molar-refractivity contribution in [3.8, 4) is 17.0 Å². The van der Waals surface area contributed by atoms with Gasteiger partial charge in [0, 0.05) is 41.1 Å². The van der Waals surface area contributed by atoms with Gasteiger partial charge < -0.3 is 14.6 Å². The first-order valence-electron chi connectivity index (χ1n) is 13.3. The second-order valence-electron chi connectivity index (χ2n) is 9.78. The van der Waals surface area contributed by atoms with E-state index in [0.717, 1.165) is 46.5 Å². The zero-order valence-corrected chi connectivity index (χ0v) is 24.1. The van der Waals surface area contributed by atoms with Crippen molar-refractivity contribution in [3.63, 3.8) is 0 Å². The Labute approximate surface area is 239 Å². The fraction of sp³-hybridized carbons (Fsp3) is 0.219. The van der Waals surface area contributed by atoms with E-state index in [4.69, 9.17) is 26.2 Å². The minimum atomic E-state index is -0.269. The van der Waals surface area contributed by atoms with Gasteiger partial charge in [-0.05, 0) is 106 Å². The number of hydrogen-bond donors (Lipinski definition) is 1. The first-order valence-corrected chi connectivity index (χ1v) is 13.7. The minimum absolute atomic E-state index is 0.269. The van der Waals surface area contributed by atoms with Crippen LogP contribution in [0.25, 0.3) is 34.1 Å². The highest BCUT2D eigenvalue weighted by Gasteiger charge is 2.13. The van der Waals surface area contributed by atoms with Crippen LogP contribution in [0.4, 0.5) is 11.4 Å². The van der Waals surface area contributed by atoms with E-state index in [2.05, 4.69) is 49.2 Å². The van der Waals surface area contributed by atoms with E-state index in [-0.39, 0.29) is 5.91 Å². The number of amides is 1. The number of furan rings is 1. The number of aromatic nitrogens is 3. The summed E-state index contributed by atoms with van der Waals surface area (Å²) in [7, 11) is 0. The number of halogens is 1. The van der Waals surface area contributed by atoms with Crippen LogP contribution >= 0.6 is 11.6 Å². The van der Waals surface area contributed by atoms with Crippen LogP contribution in [0.5, 0.6) is 0 Å². The fourth-order valence-electron chi connectivity index (χ4n) is 4.64. The molecule has 0 bridgehead atoms. The predicted octanol–water partition coefficient (Wildman–Crippen LogP) is 7.76. The maximum Gasteiger partial charge on any atom is 0.248 e. The number of anilines is 2. The van der Waals surface area contributed by atoms with Gasteiger partial charge in [-0.15, -0.1) is 10.2 Å². The number of carbonyl (C=O) groups is 1. The summed E-state index contributed by atoms with van der Waals surface area (Å²) >= 11 is 6.24. The Balaban J connectivity index is 1.31. The van der Waals surface area contributed by atoms with E-state index < -0.39 is 0 Å². The number of hydrogen-bond acceptors (Lipinski definition) is 5. The molecule has 0 spiro atoms. The van der Waals surface area contributed by atoms with Crippen LogP contribution in [0.15, 0.2) is 71.2 Å². The van der Waals surface area contributed by atoms with E-state index in [9.17, 15) is 4.79 Å². The molecule has 7 nitrogen and oxygen atoms in total. The third kappa shape index (κ3) is 5.65. The van der Waals surface area contributed by atoms with Gasteiger partial charge in [0.2, 0.25) is 5.91 Å². The molecule has 2 heterocycles. The van der Waals surface area contributed by atoms with Gasteiger partial charge in [-0.2, -0.15) is 4.80 Å². The molecule has 5 aromatic rings. The van der Waals surface area contributed by atoms with Crippen LogP contribution in [-0.2, 0) is 4.79 Å². The summed E-state index contributed by atoms with van der Waals surface area (Å²) in [6.07, 6.45) is 3.09. The van der Waals surface area contributed by atoms with E-state index in [1.54, 1.807) is 10.9 Å². The number of carbonyl (C=O) groups excluding carboxylic acids is 1. The van der Waals surface area contributed by atoms with Crippen LogP contribution in [-0.4, -0.2) is 34.0 Å². The SMILES string of the molecule is CCN(CC)c1ccc(-n2nc3cc(C)c(NC(=O)/C=C/c4ccc(-c5ccc(C)c(Cl)c5)o4)cc3n2)c(C)c1. The fourth-order valence-corrected chi connectivity index (χ4v) is 4.82. The Morgan fingerprint density at radius 3 is 2.38 bits per heavy atom. The van der Waals surface area contributed by atoms with Crippen molar-refractivity contribution in [2.75, 3.05) is 23.3 Å². The standard InChI is InChI=1S/C32H32ClN5O2/c1-6-37(7-2)24-10-13-30(22(5)16-24)38-35-28-17-21(4)27(19-29(28)36-38)34-32(39)15-12-25-11-14-31(40-25)23-9-8-20(3)26(33)18-23/h8-19H,6-7H2,1-5H3,(H,34,39)/b15-12+. The average molecular weight is 554 g/mol. The van der Waals surface area contributed by atoms with Crippen molar-refractivity contribution >= 4 is 46.0 Å². The molecule has 40 heavy (non-hydrogen) atoms. The quantitative estimate of drug-likeness (QED) is 0.199. The molecule has 0 aliphatic carbocycles. The summed E-state index contributed by atoms with van der Waals surface area (Å²) in [5, 5.41) is 13.0. The van der Waals surface area contributed by atoms with Crippen molar-refractivity contribution in [1.29, 1.82) is 0 Å². The molecule has 0 aliphatic heterocycles. The Kier molecular flexibility index (Phi) is 7.76. The summed E-state index contributed by atoms with van der Waals surface area (Å²) in [5.41, 5.74) is 8.11. The van der Waals surface area contributed by atoms with Crippen molar-refractivity contribution in [3.05, 3.63) is 94.2 Å². The zero-order valence-electron chi connectivity index (χ0n) is 23.3. The maximum atomic E-state index is 12.7. The van der Waals surface area contributed by atoms with Crippen molar-refractivity contribution < 1.29 is 9.21 Å². The largest absolute Gasteiger partial charge is 0.457 e. The van der Waals surface area contributed by atoms with Crippen molar-refractivity contribution in [2.45, 2.75) is 34.6 Å². The van der Waals surface area contributed by atoms with Crippen LogP contribution in [0, 0.1) is 20.8 Å². The average Bonchev–Trinajstić information content (AvgIpc) is 3.57. The van der Waals surface area contributed by atoms with E-state index in [1.165, 1.54) is 11.8 Å². The number of rotatable bonds is 8. The Morgan fingerprint density at radius 2 is 1.68 bits per heavy atom. The van der Waals surface area contributed by atoms with E-state index in [1.807, 2.05) is 56.3 Å². The monoisotopic (exact) mass is 553 g/mol. The van der Waals surface area contributed by atoms with Gasteiger partial charge in [0.05, 0.1) is 5.69 Å². The van der Waals surface area contributed by atoms with Gasteiger partial charge in [-0.25, -0.2) is 0 Å². The number of aryl methyl sites for hydroxylation is 3. The lowest BCUT2D eigenvalue weighted by molar-refractivity contribution is -0.111. The molecule has 0 saturated carbocycles. The third-order valence-corrected chi connectivity index (χ3v) is 7.40. The highest BCUT2D eigenvalue weighted by Crippen LogP contribution is 2.28. The molecule has 0 fully saturated rings. The molecule has 5 rings (SSSR count). The lowest BCUT2D eigenvalue weighted by atomic mass is 10.1. The number of fused-ring (bicyclic) bond motifs is 1. The molecule has 1 amide bonds. The molecule has 3 aromatic carbocycles. The zero-order chi connectivity index (χ0) is 28.4. The third-order valence-electron chi connectivity index (χ3n) is 6.99. The summed E-state index contributed by atoms with van der Waals surface area (Å²) in [4.78, 5) is 16.7. The summed E-state index contributed by atoms with van der Waals surface area (Å²) in [5.74, 6) is 0.984. The molecular formula is C32H32ClN5O2. The summed E-state index contributed by atoms with van der Waals surface area (Å²) < 4.78 is 5.88. The highest BCUT2D eigenvalue weighted by atomic mass is 35.5. The van der Waals surface area contributed by atoms with Gasteiger partial charge in [0.1, 0.15) is 22.6 Å². The van der Waals surface area contributed by atoms with Gasteiger partial charge in [0.25, 0.3) is 0 Å². The minimum Gasteiger partial charge on any atom is -0.457 e. The summed E-state index contributed by atoms with van der Waals surface area (Å²) in [6.45, 7) is 12.2. The Morgan fingerprint density at radius 1 is 0.925 bits per heavy atom. The van der Waals surface area contributed by atoms with Crippen LogP contribution in [0.1, 0.15) is 36.3 Å². The first kappa shape index (κ1) is 27.2. The van der Waals surface area contributed by atoms with Crippen LogP contribution in [0.3, 0.4) is 0 Å². The molecule has 1 N–H and O–H groups in total. The molecule has 0 atom stereocenters. The molecule has 8 heteroatoms. The lowest BCUT2D eigenvalue weighted by Gasteiger charge is -2.22. The van der Waals surface area contributed by atoms with Gasteiger partial charge in [-0.1, -0.05) is 23.7 Å². The molecule has 0 aliphatic rings. The number of benzene rings is 3. The smallest absolute Gasteiger partial charge is 0.248 e. The lowest BCUT2D eigenvalue weighted by Crippen LogP contribution is -2.21. The normalized spacial score (nSPS) is 11.4. The number of nitrogens with zero attached hydrogens (tertiary/aromatic N) is 4. The second-order valence-corrected chi connectivity index (χ2v) is 10.2. The van der Waals surface area contributed by atoms with Crippen LogP contribution < -0.4 is 10.2 Å². The van der Waals surface area contributed by atoms with Gasteiger partial charge in [0.15, 0.2) is 0 Å². The number of nitrogens with one attached hydrogen (secondary N) is 1. The highest BCUT2D eigenvalue weighted by molar-refractivity contribution is 6.31. The maximum absolute atomic E-state index is 12.7. The summed E-state index contributed by atoms with van der Waals surface area (Å²) in [6, 6.07) is 19.6. The molecular weight excluding hydrogens is 522 g/mol. The van der Waals surface area contributed by atoms with Crippen molar-refractivity contribution in [2.24, 2.45) is 0 Å². The molecule has 204 valence electrons. The molecule has 2 aromatic heterocycles. The van der Waals surface area contributed by atoms with Gasteiger partial charge >= 0.3 is 0 Å². The molecule has 0 saturated heterocycles. The molecule has 0 unspecified atom stereocenters. The predicted molar refractivity (Wildman–Crippen MR) is 163 cm³/mol. The Bertz CT molecular complexity index is 1730.